The number of likely N-dealkylation sites (tertiary alicyclic amines) is 1. The van der Waals surface area contributed by atoms with Crippen LogP contribution in [0, 0.1) is 10.8 Å². The molecule has 0 spiro atoms. The molecule has 3 fully saturated rings. The summed E-state index contributed by atoms with van der Waals surface area (Å²) in [5.74, 6) is 1.23. The van der Waals surface area contributed by atoms with E-state index in [0.29, 0.717) is 29.3 Å². The van der Waals surface area contributed by atoms with Gasteiger partial charge < -0.3 is 14.5 Å². The molecule has 0 unspecified atom stereocenters. The third-order valence-corrected chi connectivity index (χ3v) is 6.90. The smallest absolute Gasteiger partial charge is 0.237 e. The molecule has 0 radical (unpaired) electrons. The summed E-state index contributed by atoms with van der Waals surface area (Å²) in [6, 6.07) is 8.71. The molecule has 1 amide bonds. The van der Waals surface area contributed by atoms with Gasteiger partial charge in [-0.25, -0.2) is 0 Å². The van der Waals surface area contributed by atoms with Crippen LogP contribution >= 0.6 is 0 Å². The molecule has 0 aromatic heterocycles. The summed E-state index contributed by atoms with van der Waals surface area (Å²) in [4.78, 5) is 20.0. The number of fused-ring (bicyclic) bond motifs is 2. The lowest BCUT2D eigenvalue weighted by molar-refractivity contribution is -0.133. The van der Waals surface area contributed by atoms with E-state index in [1.165, 1.54) is 18.5 Å². The summed E-state index contributed by atoms with van der Waals surface area (Å²) in [5, 5.41) is 0. The molecule has 2 heterocycles. The van der Waals surface area contributed by atoms with Crippen LogP contribution in [0.15, 0.2) is 24.3 Å². The Hall–Kier alpha value is -1.75. The van der Waals surface area contributed by atoms with E-state index in [4.69, 9.17) is 4.74 Å². The minimum atomic E-state index is 0.315. The Labute approximate surface area is 169 Å². The van der Waals surface area contributed by atoms with Crippen LogP contribution in [-0.2, 0) is 4.79 Å². The summed E-state index contributed by atoms with van der Waals surface area (Å²) in [5.41, 5.74) is 1.90. The number of amides is 1. The normalized spacial score (nSPS) is 29.8. The lowest BCUT2D eigenvalue weighted by Gasteiger charge is -2.39. The van der Waals surface area contributed by atoms with Gasteiger partial charge in [0.2, 0.25) is 5.91 Å². The average molecular weight is 386 g/mol. The number of ether oxygens (including phenoxy) is 1. The lowest BCUT2D eigenvalue weighted by atomic mass is 9.65. The SMILES string of the molecule is COc1ccc(N2CCN(CC(=O)N3C[C@]4(C)C[C@H]3CC(C)(C)C4)CC2)cc1. The van der Waals surface area contributed by atoms with Gasteiger partial charge in [-0.1, -0.05) is 20.8 Å². The van der Waals surface area contributed by atoms with Gasteiger partial charge in [-0.3, -0.25) is 9.69 Å². The monoisotopic (exact) mass is 385 g/mol. The fourth-order valence-electron chi connectivity index (χ4n) is 5.99. The van der Waals surface area contributed by atoms with E-state index in [1.807, 2.05) is 12.1 Å². The fraction of sp³-hybridized carbons (Fsp3) is 0.696. The van der Waals surface area contributed by atoms with Crippen molar-refractivity contribution in [2.75, 3.05) is 51.3 Å². The molecule has 4 rings (SSSR count). The van der Waals surface area contributed by atoms with E-state index in [1.54, 1.807) is 7.11 Å². The molecule has 2 aliphatic heterocycles. The van der Waals surface area contributed by atoms with Crippen LogP contribution in [0.1, 0.15) is 40.0 Å². The molecule has 1 aromatic rings. The van der Waals surface area contributed by atoms with Crippen LogP contribution < -0.4 is 9.64 Å². The predicted octanol–water partition coefficient (Wildman–Crippen LogP) is 3.24. The van der Waals surface area contributed by atoms with Gasteiger partial charge in [0, 0.05) is 44.5 Å². The molecule has 1 aliphatic carbocycles. The maximum atomic E-state index is 13.1. The maximum Gasteiger partial charge on any atom is 0.237 e. The Kier molecular flexibility index (Phi) is 5.07. The van der Waals surface area contributed by atoms with Crippen molar-refractivity contribution in [3.8, 4) is 5.75 Å². The van der Waals surface area contributed by atoms with Crippen molar-refractivity contribution in [3.05, 3.63) is 24.3 Å². The standard InChI is InChI=1S/C23H35N3O2/c1-22(2)13-19-14-23(3,16-22)17-26(19)21(27)15-24-9-11-25(12-10-24)18-5-7-20(28-4)8-6-18/h5-8,19H,9-17H2,1-4H3/t19-,23-/m1/s1. The highest BCUT2D eigenvalue weighted by atomic mass is 16.5. The molecular weight excluding hydrogens is 350 g/mol. The molecule has 0 N–H and O–H groups in total. The van der Waals surface area contributed by atoms with Gasteiger partial charge in [0.25, 0.3) is 0 Å². The molecule has 1 saturated carbocycles. The number of hydrogen-bond acceptors (Lipinski definition) is 4. The van der Waals surface area contributed by atoms with E-state index in [0.717, 1.165) is 44.9 Å². The number of anilines is 1. The van der Waals surface area contributed by atoms with Crippen molar-refractivity contribution in [3.63, 3.8) is 0 Å². The third-order valence-electron chi connectivity index (χ3n) is 6.90. The van der Waals surface area contributed by atoms with Gasteiger partial charge in [-0.05, 0) is 54.4 Å². The van der Waals surface area contributed by atoms with Gasteiger partial charge in [0.05, 0.1) is 13.7 Å². The number of hydrogen-bond donors (Lipinski definition) is 0. The first kappa shape index (κ1) is 19.6. The summed E-state index contributed by atoms with van der Waals surface area (Å²) in [6.07, 6.45) is 3.58. The van der Waals surface area contributed by atoms with Crippen LogP contribution in [0.4, 0.5) is 5.69 Å². The maximum absolute atomic E-state index is 13.1. The Morgan fingerprint density at radius 2 is 1.75 bits per heavy atom. The molecule has 154 valence electrons. The van der Waals surface area contributed by atoms with E-state index >= 15 is 0 Å². The Balaban J connectivity index is 1.31. The highest BCUT2D eigenvalue weighted by Gasteiger charge is 2.50. The molecular formula is C23H35N3O2. The summed E-state index contributed by atoms with van der Waals surface area (Å²) >= 11 is 0. The molecule has 1 aromatic carbocycles. The third kappa shape index (κ3) is 4.00. The molecule has 28 heavy (non-hydrogen) atoms. The second kappa shape index (κ2) is 7.25. The number of carbonyl (C=O) groups is 1. The predicted molar refractivity (Wildman–Crippen MR) is 113 cm³/mol. The van der Waals surface area contributed by atoms with Crippen molar-refractivity contribution in [2.45, 2.75) is 46.1 Å². The van der Waals surface area contributed by atoms with Crippen molar-refractivity contribution in [2.24, 2.45) is 10.8 Å². The zero-order chi connectivity index (χ0) is 19.9. The topological polar surface area (TPSA) is 36.0 Å². The van der Waals surface area contributed by atoms with Gasteiger partial charge in [0.15, 0.2) is 0 Å². The second-order valence-corrected chi connectivity index (χ2v) is 10.2. The van der Waals surface area contributed by atoms with E-state index in [2.05, 4.69) is 47.6 Å². The Morgan fingerprint density at radius 3 is 2.39 bits per heavy atom. The molecule has 2 saturated heterocycles. The Bertz CT molecular complexity index is 709. The minimum absolute atomic E-state index is 0.315. The van der Waals surface area contributed by atoms with Crippen molar-refractivity contribution in [1.29, 1.82) is 0 Å². The largest absolute Gasteiger partial charge is 0.497 e. The van der Waals surface area contributed by atoms with Gasteiger partial charge in [-0.15, -0.1) is 0 Å². The Morgan fingerprint density at radius 1 is 1.07 bits per heavy atom. The molecule has 5 heteroatoms. The van der Waals surface area contributed by atoms with Crippen molar-refractivity contribution < 1.29 is 9.53 Å². The van der Waals surface area contributed by atoms with Crippen molar-refractivity contribution in [1.82, 2.24) is 9.80 Å². The zero-order valence-electron chi connectivity index (χ0n) is 17.9. The molecule has 2 bridgehead atoms. The number of nitrogens with zero attached hydrogens (tertiary/aromatic N) is 3. The fourth-order valence-corrected chi connectivity index (χ4v) is 5.99. The molecule has 5 nitrogen and oxygen atoms in total. The summed E-state index contributed by atoms with van der Waals surface area (Å²) < 4.78 is 5.25. The van der Waals surface area contributed by atoms with E-state index < -0.39 is 0 Å². The van der Waals surface area contributed by atoms with Crippen molar-refractivity contribution >= 4 is 11.6 Å². The van der Waals surface area contributed by atoms with Gasteiger partial charge in [0.1, 0.15) is 5.75 Å². The zero-order valence-corrected chi connectivity index (χ0v) is 17.9. The molecule has 3 aliphatic rings. The summed E-state index contributed by atoms with van der Waals surface area (Å²) in [6.45, 7) is 12.4. The number of rotatable bonds is 4. The first-order valence-corrected chi connectivity index (χ1v) is 10.7. The lowest BCUT2D eigenvalue weighted by Crippen LogP contribution is -2.51. The van der Waals surface area contributed by atoms with Crippen LogP contribution in [0.5, 0.6) is 5.75 Å². The first-order chi connectivity index (χ1) is 13.3. The highest BCUT2D eigenvalue weighted by Crippen LogP contribution is 2.52. The summed E-state index contributed by atoms with van der Waals surface area (Å²) in [7, 11) is 1.69. The number of carbonyl (C=O) groups excluding carboxylic acids is 1. The van der Waals surface area contributed by atoms with Gasteiger partial charge in [-0.2, -0.15) is 0 Å². The van der Waals surface area contributed by atoms with Crippen LogP contribution in [0.3, 0.4) is 0 Å². The number of methoxy groups -OCH3 is 1. The number of piperazine rings is 1. The van der Waals surface area contributed by atoms with E-state index in [9.17, 15) is 4.79 Å². The van der Waals surface area contributed by atoms with Crippen LogP contribution in [0.2, 0.25) is 0 Å². The quantitative estimate of drug-likeness (QED) is 0.797. The van der Waals surface area contributed by atoms with Crippen LogP contribution in [-0.4, -0.2) is 68.1 Å². The minimum Gasteiger partial charge on any atom is -0.497 e. The first-order valence-electron chi connectivity index (χ1n) is 10.7. The van der Waals surface area contributed by atoms with Gasteiger partial charge >= 0.3 is 0 Å². The molecule has 2 atom stereocenters. The second-order valence-electron chi connectivity index (χ2n) is 10.2. The van der Waals surface area contributed by atoms with Crippen LogP contribution in [0.25, 0.3) is 0 Å². The van der Waals surface area contributed by atoms with E-state index in [-0.39, 0.29) is 0 Å². The average Bonchev–Trinajstić information content (AvgIpc) is 2.91. The number of benzene rings is 1. The highest BCUT2D eigenvalue weighted by molar-refractivity contribution is 5.79.